The molecule has 1 aromatic rings. The van der Waals surface area contributed by atoms with Gasteiger partial charge in [0.25, 0.3) is 0 Å². The van der Waals surface area contributed by atoms with Crippen molar-refractivity contribution in [2.45, 2.75) is 18.7 Å². The normalized spacial score (nSPS) is 11.5. The summed E-state index contributed by atoms with van der Waals surface area (Å²) >= 11 is 0. The van der Waals surface area contributed by atoms with E-state index >= 15 is 0 Å². The molecule has 0 saturated heterocycles. The average molecular weight is 256 g/mol. The molecule has 0 fully saturated rings. The van der Waals surface area contributed by atoms with E-state index in [9.17, 15) is 13.2 Å². The highest BCUT2D eigenvalue weighted by atomic mass is 32.2. The van der Waals surface area contributed by atoms with E-state index in [1.807, 2.05) is 0 Å². The number of sulfone groups is 1. The lowest BCUT2D eigenvalue weighted by Crippen LogP contribution is -2.20. The molecule has 5 heteroatoms. The number of hydrogen-bond acceptors (Lipinski definition) is 4. The van der Waals surface area contributed by atoms with E-state index in [1.165, 1.54) is 19.2 Å². The molecule has 94 valence electrons. The Morgan fingerprint density at radius 3 is 2.18 bits per heavy atom. The van der Waals surface area contributed by atoms with Crippen molar-refractivity contribution in [3.05, 3.63) is 24.3 Å². The van der Waals surface area contributed by atoms with Gasteiger partial charge in [0.05, 0.1) is 12.0 Å². The van der Waals surface area contributed by atoms with Gasteiger partial charge in [-0.3, -0.25) is 4.79 Å². The summed E-state index contributed by atoms with van der Waals surface area (Å²) in [6, 6.07) is 6.02. The summed E-state index contributed by atoms with van der Waals surface area (Å²) in [5.74, 6) is -0.417. The van der Waals surface area contributed by atoms with E-state index in [-0.39, 0.29) is 16.6 Å². The van der Waals surface area contributed by atoms with Crippen LogP contribution in [0.3, 0.4) is 0 Å². The lowest BCUT2D eigenvalue weighted by Gasteiger charge is -2.06. The summed E-state index contributed by atoms with van der Waals surface area (Å²) < 4.78 is 28.7. The summed E-state index contributed by atoms with van der Waals surface area (Å²) in [7, 11) is -2.03. The molecule has 0 amide bonds. The van der Waals surface area contributed by atoms with Gasteiger partial charge in [-0.2, -0.15) is 0 Å². The minimum Gasteiger partial charge on any atom is -0.497 e. The molecular formula is C12H16O4S. The van der Waals surface area contributed by atoms with Gasteiger partial charge in [0.15, 0.2) is 15.6 Å². The Bertz CT molecular complexity index is 486. The van der Waals surface area contributed by atoms with E-state index in [1.54, 1.807) is 26.0 Å². The molecule has 0 heterocycles. The molecule has 0 saturated carbocycles. The number of benzene rings is 1. The SMILES string of the molecule is COc1ccc(S(=O)(=O)CC(=O)C(C)C)cc1. The first-order chi connectivity index (χ1) is 7.86. The maximum absolute atomic E-state index is 11.9. The number of rotatable bonds is 5. The maximum atomic E-state index is 11.9. The smallest absolute Gasteiger partial charge is 0.185 e. The number of carbonyl (C=O) groups excluding carboxylic acids is 1. The number of methoxy groups -OCH3 is 1. The molecule has 0 atom stereocenters. The second-order valence-electron chi connectivity index (χ2n) is 4.06. The monoisotopic (exact) mass is 256 g/mol. The van der Waals surface area contributed by atoms with E-state index in [4.69, 9.17) is 4.74 Å². The van der Waals surface area contributed by atoms with Gasteiger partial charge in [0, 0.05) is 5.92 Å². The summed E-state index contributed by atoms with van der Waals surface area (Å²) in [5, 5.41) is 0. The zero-order valence-corrected chi connectivity index (χ0v) is 11.0. The van der Waals surface area contributed by atoms with Crippen LogP contribution in [-0.2, 0) is 14.6 Å². The number of carbonyl (C=O) groups is 1. The summed E-state index contributed by atoms with van der Waals surface area (Å²) in [4.78, 5) is 11.6. The van der Waals surface area contributed by atoms with Crippen LogP contribution in [0.15, 0.2) is 29.2 Å². The lowest BCUT2D eigenvalue weighted by molar-refractivity contribution is -0.119. The van der Waals surface area contributed by atoms with Crippen molar-refractivity contribution in [2.24, 2.45) is 5.92 Å². The second-order valence-corrected chi connectivity index (χ2v) is 6.05. The largest absolute Gasteiger partial charge is 0.497 e. The fourth-order valence-electron chi connectivity index (χ4n) is 1.22. The van der Waals surface area contributed by atoms with Crippen LogP contribution in [0.1, 0.15) is 13.8 Å². The fraction of sp³-hybridized carbons (Fsp3) is 0.417. The Morgan fingerprint density at radius 1 is 1.24 bits per heavy atom. The molecule has 0 aliphatic carbocycles. The molecule has 0 aliphatic rings. The molecule has 0 bridgehead atoms. The molecule has 1 rings (SSSR count). The van der Waals surface area contributed by atoms with Crippen molar-refractivity contribution in [1.82, 2.24) is 0 Å². The number of hydrogen-bond donors (Lipinski definition) is 0. The molecule has 4 nitrogen and oxygen atoms in total. The quantitative estimate of drug-likeness (QED) is 0.804. The van der Waals surface area contributed by atoms with Crippen LogP contribution in [-0.4, -0.2) is 27.1 Å². The molecule has 0 spiro atoms. The molecule has 0 radical (unpaired) electrons. The third kappa shape index (κ3) is 3.56. The first kappa shape index (κ1) is 13.7. The highest BCUT2D eigenvalue weighted by Gasteiger charge is 2.20. The average Bonchev–Trinajstić information content (AvgIpc) is 2.28. The second kappa shape index (κ2) is 5.31. The predicted molar refractivity (Wildman–Crippen MR) is 64.9 cm³/mol. The van der Waals surface area contributed by atoms with Gasteiger partial charge in [-0.1, -0.05) is 13.8 Å². The highest BCUT2D eigenvalue weighted by Crippen LogP contribution is 2.17. The van der Waals surface area contributed by atoms with E-state index < -0.39 is 15.6 Å². The predicted octanol–water partition coefficient (Wildman–Crippen LogP) is 1.69. The van der Waals surface area contributed by atoms with E-state index in [2.05, 4.69) is 0 Å². The van der Waals surface area contributed by atoms with Crippen LogP contribution in [0.5, 0.6) is 5.75 Å². The molecule has 1 aromatic carbocycles. The Hall–Kier alpha value is -1.36. The van der Waals surface area contributed by atoms with Crippen LogP contribution in [0.4, 0.5) is 0 Å². The Morgan fingerprint density at radius 2 is 1.76 bits per heavy atom. The van der Waals surface area contributed by atoms with Crippen LogP contribution < -0.4 is 4.74 Å². The van der Waals surface area contributed by atoms with Crippen molar-refractivity contribution in [3.63, 3.8) is 0 Å². The first-order valence-electron chi connectivity index (χ1n) is 5.26. The van der Waals surface area contributed by atoms with E-state index in [0.717, 1.165) is 0 Å². The zero-order chi connectivity index (χ0) is 13.1. The molecule has 17 heavy (non-hydrogen) atoms. The molecular weight excluding hydrogens is 240 g/mol. The Balaban J connectivity index is 2.93. The zero-order valence-electron chi connectivity index (χ0n) is 10.1. The third-order valence-corrected chi connectivity index (χ3v) is 4.05. The number of ether oxygens (including phenoxy) is 1. The van der Waals surface area contributed by atoms with Gasteiger partial charge < -0.3 is 4.74 Å². The summed E-state index contributed by atoms with van der Waals surface area (Å²) in [5.41, 5.74) is 0. The van der Waals surface area contributed by atoms with Gasteiger partial charge in [0.2, 0.25) is 0 Å². The van der Waals surface area contributed by atoms with Gasteiger partial charge in [-0.15, -0.1) is 0 Å². The van der Waals surface area contributed by atoms with Crippen molar-refractivity contribution in [1.29, 1.82) is 0 Å². The Labute approximate surface area is 102 Å². The van der Waals surface area contributed by atoms with Crippen LogP contribution in [0.25, 0.3) is 0 Å². The molecule has 0 unspecified atom stereocenters. The van der Waals surface area contributed by atoms with Crippen LogP contribution >= 0.6 is 0 Å². The lowest BCUT2D eigenvalue weighted by atomic mass is 10.1. The molecule has 0 aromatic heterocycles. The van der Waals surface area contributed by atoms with Crippen molar-refractivity contribution >= 4 is 15.6 Å². The summed E-state index contributed by atoms with van der Waals surface area (Å²) in [6.07, 6.45) is 0. The molecule has 0 N–H and O–H groups in total. The molecule has 0 aliphatic heterocycles. The maximum Gasteiger partial charge on any atom is 0.185 e. The highest BCUT2D eigenvalue weighted by molar-refractivity contribution is 7.92. The van der Waals surface area contributed by atoms with Gasteiger partial charge >= 0.3 is 0 Å². The minimum atomic E-state index is -3.53. The van der Waals surface area contributed by atoms with Crippen molar-refractivity contribution in [2.75, 3.05) is 12.9 Å². The van der Waals surface area contributed by atoms with Crippen LogP contribution in [0.2, 0.25) is 0 Å². The van der Waals surface area contributed by atoms with Gasteiger partial charge in [-0.05, 0) is 24.3 Å². The first-order valence-corrected chi connectivity index (χ1v) is 6.91. The minimum absolute atomic E-state index is 0.146. The number of ketones is 1. The standard InChI is InChI=1S/C12H16O4S/c1-9(2)12(13)8-17(14,15)11-6-4-10(16-3)5-7-11/h4-7,9H,8H2,1-3H3. The topological polar surface area (TPSA) is 60.4 Å². The van der Waals surface area contributed by atoms with Crippen LogP contribution in [0, 0.1) is 5.92 Å². The van der Waals surface area contributed by atoms with E-state index in [0.29, 0.717) is 5.75 Å². The fourth-order valence-corrected chi connectivity index (χ4v) is 2.65. The van der Waals surface area contributed by atoms with Crippen molar-refractivity contribution < 1.29 is 17.9 Å². The van der Waals surface area contributed by atoms with Gasteiger partial charge in [-0.25, -0.2) is 8.42 Å². The third-order valence-electron chi connectivity index (χ3n) is 2.39. The Kier molecular flexibility index (Phi) is 4.28. The number of Topliss-reactive ketones (excluding diaryl/α,β-unsaturated/α-hetero) is 1. The van der Waals surface area contributed by atoms with Gasteiger partial charge in [0.1, 0.15) is 11.5 Å². The summed E-state index contributed by atoms with van der Waals surface area (Å²) in [6.45, 7) is 3.37. The van der Waals surface area contributed by atoms with Crippen molar-refractivity contribution in [3.8, 4) is 5.75 Å².